The third kappa shape index (κ3) is 5.52. The van der Waals surface area contributed by atoms with Crippen LogP contribution in [0, 0.1) is 0 Å². The van der Waals surface area contributed by atoms with Crippen molar-refractivity contribution < 1.29 is 4.42 Å². The van der Waals surface area contributed by atoms with Crippen molar-refractivity contribution in [2.45, 2.75) is 24.9 Å². The second-order valence-corrected chi connectivity index (χ2v) is 19.2. The van der Waals surface area contributed by atoms with E-state index < -0.39 is 6.17 Å². The molecule has 0 saturated heterocycles. The van der Waals surface area contributed by atoms with Crippen LogP contribution in [0.1, 0.15) is 51.9 Å². The Morgan fingerprint density at radius 2 is 1.09 bits per heavy atom. The van der Waals surface area contributed by atoms with E-state index in [1.165, 1.54) is 78.9 Å². The van der Waals surface area contributed by atoms with Gasteiger partial charge in [-0.3, -0.25) is 0 Å². The number of amidine groups is 2. The Kier molecular flexibility index (Phi) is 7.94. The summed E-state index contributed by atoms with van der Waals surface area (Å²) in [5.74, 6) is 1.70. The van der Waals surface area contributed by atoms with Crippen LogP contribution in [0.5, 0.6) is 0 Å². The number of furan rings is 1. The van der Waals surface area contributed by atoms with Crippen LogP contribution in [0.2, 0.25) is 0 Å². The highest BCUT2D eigenvalue weighted by atomic mass is 32.1. The van der Waals surface area contributed by atoms with Crippen LogP contribution in [0.3, 0.4) is 0 Å². The fourth-order valence-electron chi connectivity index (χ4n) is 10.6. The molecule has 12 aromatic rings. The van der Waals surface area contributed by atoms with Gasteiger partial charge < -0.3 is 9.73 Å². The van der Waals surface area contributed by atoms with Crippen LogP contribution in [-0.2, 0) is 6.42 Å². The summed E-state index contributed by atoms with van der Waals surface area (Å²) < 4.78 is 11.9. The Hall–Kier alpha value is -7.38. The number of aliphatic imine (C=N–C) groups is 2. The van der Waals surface area contributed by atoms with E-state index in [1.54, 1.807) is 0 Å². The number of thiophene rings is 2. The molecule has 2 atom stereocenters. The van der Waals surface area contributed by atoms with Gasteiger partial charge in [-0.15, -0.1) is 22.7 Å². The lowest BCUT2D eigenvalue weighted by Crippen LogP contribution is -2.36. The molecule has 0 bridgehead atoms. The number of fused-ring (bicyclic) bond motifs is 13. The molecule has 0 fully saturated rings. The van der Waals surface area contributed by atoms with Gasteiger partial charge >= 0.3 is 0 Å². The van der Waals surface area contributed by atoms with Gasteiger partial charge in [-0.2, -0.15) is 0 Å². The Labute approximate surface area is 376 Å². The highest BCUT2D eigenvalue weighted by Gasteiger charge is 2.30. The SMILES string of the molecule is c1ccc2c(c1)-c1cc3ccccc3cc1CCC2c1cc(C2=NC(c3cccc4c3sc3ccccc34)N=C(c3cccc4c3sc3ccccc34)N2)cc2c1oc1ccccc12. The van der Waals surface area contributed by atoms with Crippen molar-refractivity contribution in [3.05, 3.63) is 215 Å². The van der Waals surface area contributed by atoms with Crippen molar-refractivity contribution in [1.29, 1.82) is 0 Å². The first-order valence-electron chi connectivity index (χ1n) is 22.0. The minimum Gasteiger partial charge on any atom is -0.456 e. The first-order chi connectivity index (χ1) is 31.7. The largest absolute Gasteiger partial charge is 0.456 e. The van der Waals surface area contributed by atoms with E-state index in [2.05, 4.69) is 187 Å². The summed E-state index contributed by atoms with van der Waals surface area (Å²) in [6, 6.07) is 66.3. The predicted octanol–water partition coefficient (Wildman–Crippen LogP) is 15.7. The second kappa shape index (κ2) is 14.1. The summed E-state index contributed by atoms with van der Waals surface area (Å²) in [7, 11) is 0. The molecule has 4 heterocycles. The minimum atomic E-state index is -0.477. The van der Waals surface area contributed by atoms with E-state index in [4.69, 9.17) is 14.4 Å². The molecule has 2 unspecified atom stereocenters. The average Bonchev–Trinajstić information content (AvgIpc) is 4.02. The molecule has 2 aliphatic rings. The van der Waals surface area contributed by atoms with Crippen LogP contribution in [0.25, 0.3) is 84.2 Å². The Morgan fingerprint density at radius 3 is 1.94 bits per heavy atom. The van der Waals surface area contributed by atoms with Crippen molar-refractivity contribution in [2.24, 2.45) is 9.98 Å². The average molecular weight is 856 g/mol. The highest BCUT2D eigenvalue weighted by molar-refractivity contribution is 7.26. The summed E-state index contributed by atoms with van der Waals surface area (Å²) in [4.78, 5) is 11.2. The van der Waals surface area contributed by atoms with Gasteiger partial charge in [-0.05, 0) is 88.3 Å². The zero-order chi connectivity index (χ0) is 41.9. The number of aryl methyl sites for hydroxylation is 1. The topological polar surface area (TPSA) is 49.9 Å². The third-order valence-electron chi connectivity index (χ3n) is 13.6. The number of hydrogen-bond donors (Lipinski definition) is 1. The molecule has 1 N–H and O–H groups in total. The molecule has 0 spiro atoms. The first kappa shape index (κ1) is 36.1. The molecule has 0 saturated carbocycles. The van der Waals surface area contributed by atoms with Crippen molar-refractivity contribution in [2.75, 3.05) is 0 Å². The standard InChI is InChI=1S/C58H37N3OS2/c1-2-14-34-30-47-35(29-33(34)13-1)27-28-39(37-15-3-4-16-38(37)47)48-31-36(32-49-40-17-5-8-24-50(40)62-53(48)49)56-59-57(45-22-11-20-43-41-18-6-9-25-51(41)63-54(43)45)61-58(60-56)46-23-12-21-44-42-19-7-10-26-52(42)64-55(44)46/h1-26,29-32,39,57H,27-28H2,(H,59,60,61). The van der Waals surface area contributed by atoms with Crippen molar-refractivity contribution in [3.8, 4) is 11.1 Å². The van der Waals surface area contributed by atoms with Gasteiger partial charge in [0.15, 0.2) is 6.17 Å². The van der Waals surface area contributed by atoms with Crippen molar-refractivity contribution >= 4 is 107 Å². The Balaban J connectivity index is 0.995. The van der Waals surface area contributed by atoms with Gasteiger partial charge in [-0.25, -0.2) is 9.98 Å². The van der Waals surface area contributed by atoms with E-state index >= 15 is 0 Å². The highest BCUT2D eigenvalue weighted by Crippen LogP contribution is 2.47. The maximum Gasteiger partial charge on any atom is 0.171 e. The number of hydrogen-bond acceptors (Lipinski definition) is 6. The molecular weight excluding hydrogens is 819 g/mol. The molecule has 9 aromatic carbocycles. The minimum absolute atomic E-state index is 0.0717. The number of benzene rings is 9. The third-order valence-corrected chi connectivity index (χ3v) is 16.0. The van der Waals surface area contributed by atoms with Crippen LogP contribution in [0.4, 0.5) is 0 Å². The number of para-hydroxylation sites is 1. The molecule has 302 valence electrons. The molecule has 1 aliphatic carbocycles. The molecular formula is C58H37N3OS2. The molecule has 6 heteroatoms. The number of nitrogens with zero attached hydrogens (tertiary/aromatic N) is 2. The van der Waals surface area contributed by atoms with E-state index in [0.717, 1.165) is 63.1 Å². The van der Waals surface area contributed by atoms with E-state index in [1.807, 2.05) is 22.7 Å². The Bertz CT molecular complexity index is 3980. The lowest BCUT2D eigenvalue weighted by molar-refractivity contribution is 0.647. The van der Waals surface area contributed by atoms with Gasteiger partial charge in [0, 0.05) is 79.3 Å². The maximum absolute atomic E-state index is 6.93. The monoisotopic (exact) mass is 855 g/mol. The van der Waals surface area contributed by atoms with Gasteiger partial charge in [0.05, 0.1) is 0 Å². The first-order valence-corrected chi connectivity index (χ1v) is 23.6. The fraction of sp³-hybridized carbons (Fsp3) is 0.0690. The summed E-state index contributed by atoms with van der Waals surface area (Å²) in [6.45, 7) is 0. The maximum atomic E-state index is 6.93. The fourth-order valence-corrected chi connectivity index (χ4v) is 13.0. The quantitative estimate of drug-likeness (QED) is 0.192. The lowest BCUT2D eigenvalue weighted by Gasteiger charge is -2.24. The summed E-state index contributed by atoms with van der Waals surface area (Å²) >= 11 is 3.66. The van der Waals surface area contributed by atoms with Crippen molar-refractivity contribution in [3.63, 3.8) is 0 Å². The Morgan fingerprint density at radius 1 is 0.469 bits per heavy atom. The van der Waals surface area contributed by atoms with Crippen LogP contribution in [-0.4, -0.2) is 11.7 Å². The molecule has 4 nitrogen and oxygen atoms in total. The zero-order valence-electron chi connectivity index (χ0n) is 34.5. The predicted molar refractivity (Wildman–Crippen MR) is 271 cm³/mol. The zero-order valence-corrected chi connectivity index (χ0v) is 36.1. The summed E-state index contributed by atoms with van der Waals surface area (Å²) in [5, 5.41) is 13.6. The lowest BCUT2D eigenvalue weighted by atomic mass is 9.84. The smallest absolute Gasteiger partial charge is 0.171 e. The number of nitrogens with one attached hydrogen (secondary N) is 1. The summed E-state index contributed by atoms with van der Waals surface area (Å²) in [6.07, 6.45) is 1.41. The van der Waals surface area contributed by atoms with Crippen LogP contribution < -0.4 is 5.32 Å². The van der Waals surface area contributed by atoms with E-state index in [-0.39, 0.29) is 5.92 Å². The van der Waals surface area contributed by atoms with Gasteiger partial charge in [0.1, 0.15) is 22.8 Å². The van der Waals surface area contributed by atoms with E-state index in [0.29, 0.717) is 0 Å². The normalized spacial score (nSPS) is 16.3. The van der Waals surface area contributed by atoms with Crippen LogP contribution >= 0.6 is 22.7 Å². The van der Waals surface area contributed by atoms with E-state index in [9.17, 15) is 0 Å². The molecule has 64 heavy (non-hydrogen) atoms. The van der Waals surface area contributed by atoms with Gasteiger partial charge in [0.25, 0.3) is 0 Å². The van der Waals surface area contributed by atoms with Crippen LogP contribution in [0.15, 0.2) is 196 Å². The molecule has 1 aliphatic heterocycles. The van der Waals surface area contributed by atoms with Crippen molar-refractivity contribution in [1.82, 2.24) is 5.32 Å². The molecule has 14 rings (SSSR count). The molecule has 0 amide bonds. The number of rotatable bonds is 4. The molecule has 0 radical (unpaired) electrons. The van der Waals surface area contributed by atoms with Gasteiger partial charge in [0.2, 0.25) is 0 Å². The second-order valence-electron chi connectivity index (χ2n) is 17.1. The summed E-state index contributed by atoms with van der Waals surface area (Å²) in [5.41, 5.74) is 11.5. The molecule has 3 aromatic heterocycles. The van der Waals surface area contributed by atoms with Gasteiger partial charge in [-0.1, -0.05) is 140 Å².